The van der Waals surface area contributed by atoms with E-state index in [2.05, 4.69) is 10.3 Å². The van der Waals surface area contributed by atoms with Gasteiger partial charge >= 0.3 is 5.76 Å². The van der Waals surface area contributed by atoms with Crippen LogP contribution in [-0.2, 0) is 11.2 Å². The minimum atomic E-state index is -0.483. The first-order valence-electron chi connectivity index (χ1n) is 5.46. The summed E-state index contributed by atoms with van der Waals surface area (Å²) in [5.74, 6) is -0.519. The van der Waals surface area contributed by atoms with Crippen molar-refractivity contribution < 1.29 is 9.21 Å². The van der Waals surface area contributed by atoms with Gasteiger partial charge in [0.25, 0.3) is 0 Å². The second-order valence-electron chi connectivity index (χ2n) is 4.24. The standard InChI is InChI=1S/C12H14N2O3/c1-7(2)13-11(15)6-8-3-4-10-9(5-8)14-12(16)17-10/h3-5,7H,6H2,1-2H3,(H,13,15)(H,14,16). The molecule has 90 valence electrons. The highest BCUT2D eigenvalue weighted by molar-refractivity contribution is 5.81. The molecule has 0 aliphatic heterocycles. The van der Waals surface area contributed by atoms with Gasteiger partial charge in [0.1, 0.15) is 0 Å². The highest BCUT2D eigenvalue weighted by Gasteiger charge is 2.07. The van der Waals surface area contributed by atoms with E-state index in [4.69, 9.17) is 4.42 Å². The summed E-state index contributed by atoms with van der Waals surface area (Å²) in [7, 11) is 0. The molecule has 0 unspecified atom stereocenters. The molecule has 0 saturated heterocycles. The van der Waals surface area contributed by atoms with Gasteiger partial charge < -0.3 is 9.73 Å². The molecule has 5 nitrogen and oxygen atoms in total. The van der Waals surface area contributed by atoms with Gasteiger partial charge in [-0.25, -0.2) is 4.79 Å². The number of carbonyl (C=O) groups is 1. The van der Waals surface area contributed by atoms with Gasteiger partial charge in [-0.3, -0.25) is 9.78 Å². The van der Waals surface area contributed by atoms with Crippen molar-refractivity contribution in [1.82, 2.24) is 10.3 Å². The van der Waals surface area contributed by atoms with Crippen molar-refractivity contribution in [2.75, 3.05) is 0 Å². The zero-order valence-electron chi connectivity index (χ0n) is 9.74. The van der Waals surface area contributed by atoms with E-state index in [9.17, 15) is 9.59 Å². The Kier molecular flexibility index (Phi) is 2.99. The summed E-state index contributed by atoms with van der Waals surface area (Å²) in [6.07, 6.45) is 0.293. The van der Waals surface area contributed by atoms with E-state index in [-0.39, 0.29) is 11.9 Å². The number of amides is 1. The third kappa shape index (κ3) is 2.75. The predicted octanol–water partition coefficient (Wildman–Crippen LogP) is 1.19. The minimum absolute atomic E-state index is 0.0369. The molecule has 0 spiro atoms. The Labute approximate surface area is 97.8 Å². The van der Waals surface area contributed by atoms with Crippen molar-refractivity contribution in [2.24, 2.45) is 0 Å². The van der Waals surface area contributed by atoms with Crippen molar-refractivity contribution in [3.05, 3.63) is 34.3 Å². The maximum atomic E-state index is 11.6. The van der Waals surface area contributed by atoms with Gasteiger partial charge in [0.05, 0.1) is 11.9 Å². The molecule has 2 N–H and O–H groups in total. The van der Waals surface area contributed by atoms with E-state index >= 15 is 0 Å². The molecule has 17 heavy (non-hydrogen) atoms. The minimum Gasteiger partial charge on any atom is -0.408 e. The van der Waals surface area contributed by atoms with Gasteiger partial charge in [-0.15, -0.1) is 0 Å². The van der Waals surface area contributed by atoms with Crippen LogP contribution in [0.3, 0.4) is 0 Å². The molecule has 2 aromatic rings. The summed E-state index contributed by atoms with van der Waals surface area (Å²) in [6.45, 7) is 3.82. The fourth-order valence-electron chi connectivity index (χ4n) is 1.67. The van der Waals surface area contributed by atoms with Crippen LogP contribution in [0.4, 0.5) is 0 Å². The van der Waals surface area contributed by atoms with Crippen LogP contribution in [0.25, 0.3) is 11.1 Å². The summed E-state index contributed by atoms with van der Waals surface area (Å²) >= 11 is 0. The lowest BCUT2D eigenvalue weighted by molar-refractivity contribution is -0.120. The van der Waals surface area contributed by atoms with E-state index in [1.54, 1.807) is 18.2 Å². The lowest BCUT2D eigenvalue weighted by Crippen LogP contribution is -2.31. The maximum Gasteiger partial charge on any atom is 0.417 e. The van der Waals surface area contributed by atoms with Gasteiger partial charge in [0.2, 0.25) is 5.91 Å². The number of hydrogen-bond donors (Lipinski definition) is 2. The van der Waals surface area contributed by atoms with Gasteiger partial charge in [-0.1, -0.05) is 6.07 Å². The Balaban J connectivity index is 2.19. The first-order valence-corrected chi connectivity index (χ1v) is 5.46. The fraction of sp³-hybridized carbons (Fsp3) is 0.333. The molecule has 0 bridgehead atoms. The second kappa shape index (κ2) is 4.45. The number of aromatic nitrogens is 1. The van der Waals surface area contributed by atoms with Crippen molar-refractivity contribution in [3.8, 4) is 0 Å². The summed E-state index contributed by atoms with van der Waals surface area (Å²) in [6, 6.07) is 5.34. The molecule has 0 aliphatic rings. The summed E-state index contributed by atoms with van der Waals surface area (Å²) in [5, 5.41) is 2.81. The average molecular weight is 234 g/mol. The van der Waals surface area contributed by atoms with Crippen molar-refractivity contribution in [3.63, 3.8) is 0 Å². The number of benzene rings is 1. The molecule has 1 aromatic heterocycles. The average Bonchev–Trinajstić information content (AvgIpc) is 2.55. The molecular formula is C12H14N2O3. The Hall–Kier alpha value is -2.04. The molecule has 0 atom stereocenters. The van der Waals surface area contributed by atoms with Crippen molar-refractivity contribution in [2.45, 2.75) is 26.3 Å². The molecule has 1 heterocycles. The molecule has 0 radical (unpaired) electrons. The summed E-state index contributed by atoms with van der Waals surface area (Å²) in [4.78, 5) is 25.1. The smallest absolute Gasteiger partial charge is 0.408 e. The first kappa shape index (κ1) is 11.4. The van der Waals surface area contributed by atoms with Crippen LogP contribution in [0.5, 0.6) is 0 Å². The normalized spacial score (nSPS) is 11.0. The highest BCUT2D eigenvalue weighted by atomic mass is 16.4. The second-order valence-corrected chi connectivity index (χ2v) is 4.24. The van der Waals surface area contributed by atoms with Gasteiger partial charge in [0.15, 0.2) is 5.58 Å². The zero-order chi connectivity index (χ0) is 12.4. The van der Waals surface area contributed by atoms with Crippen molar-refractivity contribution >= 4 is 17.0 Å². The van der Waals surface area contributed by atoms with Gasteiger partial charge in [-0.05, 0) is 31.5 Å². The number of fused-ring (bicyclic) bond motifs is 1. The summed E-state index contributed by atoms with van der Waals surface area (Å²) < 4.78 is 4.88. The molecule has 1 amide bonds. The third-order valence-electron chi connectivity index (χ3n) is 2.30. The van der Waals surface area contributed by atoms with Crippen LogP contribution in [0.15, 0.2) is 27.4 Å². The van der Waals surface area contributed by atoms with E-state index in [1.165, 1.54) is 0 Å². The fourth-order valence-corrected chi connectivity index (χ4v) is 1.67. The van der Waals surface area contributed by atoms with E-state index in [0.29, 0.717) is 17.5 Å². The number of H-pyrrole nitrogens is 1. The van der Waals surface area contributed by atoms with Crippen LogP contribution in [-0.4, -0.2) is 16.9 Å². The Morgan fingerprint density at radius 3 is 2.94 bits per heavy atom. The quantitative estimate of drug-likeness (QED) is 0.837. The van der Waals surface area contributed by atoms with Crippen LogP contribution in [0.2, 0.25) is 0 Å². The van der Waals surface area contributed by atoms with Crippen LogP contribution >= 0.6 is 0 Å². The number of aromatic amines is 1. The molecule has 0 aliphatic carbocycles. The Bertz CT molecular complexity index is 595. The maximum absolute atomic E-state index is 11.6. The third-order valence-corrected chi connectivity index (χ3v) is 2.30. The molecule has 0 fully saturated rings. The lowest BCUT2D eigenvalue weighted by Gasteiger charge is -2.07. The van der Waals surface area contributed by atoms with E-state index in [0.717, 1.165) is 5.56 Å². The van der Waals surface area contributed by atoms with Crippen LogP contribution < -0.4 is 11.1 Å². The SMILES string of the molecule is CC(C)NC(=O)Cc1ccc2oc(=O)[nH]c2c1. The Morgan fingerprint density at radius 1 is 1.47 bits per heavy atom. The number of oxazole rings is 1. The zero-order valence-corrected chi connectivity index (χ0v) is 9.74. The van der Waals surface area contributed by atoms with Gasteiger partial charge in [0, 0.05) is 6.04 Å². The van der Waals surface area contributed by atoms with E-state index in [1.807, 2.05) is 13.8 Å². The molecule has 2 rings (SSSR count). The first-order chi connectivity index (χ1) is 8.04. The lowest BCUT2D eigenvalue weighted by atomic mass is 10.1. The topological polar surface area (TPSA) is 75.1 Å². The molecule has 1 aromatic carbocycles. The van der Waals surface area contributed by atoms with Crippen LogP contribution in [0, 0.1) is 0 Å². The number of rotatable bonds is 3. The highest BCUT2D eigenvalue weighted by Crippen LogP contribution is 2.12. The number of carbonyl (C=O) groups excluding carboxylic acids is 1. The molecular weight excluding hydrogens is 220 g/mol. The van der Waals surface area contributed by atoms with Gasteiger partial charge in [-0.2, -0.15) is 0 Å². The predicted molar refractivity (Wildman–Crippen MR) is 63.8 cm³/mol. The number of hydrogen-bond acceptors (Lipinski definition) is 3. The van der Waals surface area contributed by atoms with Crippen LogP contribution in [0.1, 0.15) is 19.4 Å². The molecule has 5 heteroatoms. The number of nitrogens with one attached hydrogen (secondary N) is 2. The summed E-state index contributed by atoms with van der Waals surface area (Å²) in [5.41, 5.74) is 1.96. The monoisotopic (exact) mass is 234 g/mol. The largest absolute Gasteiger partial charge is 0.417 e. The molecule has 0 saturated carbocycles. The van der Waals surface area contributed by atoms with Crippen molar-refractivity contribution in [1.29, 1.82) is 0 Å². The van der Waals surface area contributed by atoms with E-state index < -0.39 is 5.76 Å². The Morgan fingerprint density at radius 2 is 2.24 bits per heavy atom.